The first-order valence-corrected chi connectivity index (χ1v) is 14.2. The third-order valence-corrected chi connectivity index (χ3v) is 10.0. The lowest BCUT2D eigenvalue weighted by atomic mass is 9.46. The third kappa shape index (κ3) is 4.35. The Morgan fingerprint density at radius 2 is 1.79 bits per heavy atom. The maximum Gasteiger partial charge on any atom is 0.408 e. The number of carbonyl (C=O) groups excluding carboxylic acids is 1. The summed E-state index contributed by atoms with van der Waals surface area (Å²) in [5, 5.41) is 24.0. The van der Waals surface area contributed by atoms with Gasteiger partial charge in [0.05, 0.1) is 40.0 Å². The summed E-state index contributed by atoms with van der Waals surface area (Å²) in [6.07, 6.45) is 6.28. The molecule has 206 valence electrons. The van der Waals surface area contributed by atoms with Crippen LogP contribution in [0.15, 0.2) is 24.3 Å². The molecular weight excluding hydrogens is 516 g/mol. The second-order valence-corrected chi connectivity index (χ2v) is 12.8. The molecule has 0 radical (unpaired) electrons. The van der Waals surface area contributed by atoms with Crippen molar-refractivity contribution < 1.29 is 9.72 Å². The molecule has 0 spiro atoms. The van der Waals surface area contributed by atoms with E-state index in [1.54, 1.807) is 0 Å². The minimum atomic E-state index is -0.501. The van der Waals surface area contributed by atoms with Crippen LogP contribution in [0, 0.1) is 55.1 Å². The average molecular weight is 551 g/mol. The van der Waals surface area contributed by atoms with E-state index < -0.39 is 4.92 Å². The second-order valence-electron chi connectivity index (χ2n) is 12.4. The Morgan fingerprint density at radius 3 is 2.44 bits per heavy atom. The molecule has 1 N–H and O–H groups in total. The molecule has 10 heteroatoms. The van der Waals surface area contributed by atoms with Crippen LogP contribution >= 0.6 is 11.6 Å². The number of aryl methyl sites for hydroxylation is 2. The molecule has 2 aromatic heterocycles. The predicted octanol–water partition coefficient (Wildman–Crippen LogP) is 6.25. The van der Waals surface area contributed by atoms with Crippen molar-refractivity contribution in [3.8, 4) is 0 Å². The third-order valence-electron chi connectivity index (χ3n) is 9.56. The number of nitro groups is 1. The molecule has 4 saturated carbocycles. The number of nitrogens with one attached hydrogen (secondary N) is 1. The molecule has 39 heavy (non-hydrogen) atoms. The van der Waals surface area contributed by atoms with Crippen molar-refractivity contribution in [1.82, 2.24) is 19.6 Å². The zero-order valence-electron chi connectivity index (χ0n) is 23.0. The summed E-state index contributed by atoms with van der Waals surface area (Å²) in [6.45, 7) is 8.51. The number of nitrogens with zero attached hydrogens (tertiary/aromatic N) is 5. The highest BCUT2D eigenvalue weighted by Gasteiger charge is 2.61. The van der Waals surface area contributed by atoms with Gasteiger partial charge in [-0.15, -0.1) is 0 Å². The molecule has 0 saturated heterocycles. The van der Waals surface area contributed by atoms with Gasteiger partial charge in [0.25, 0.3) is 0 Å². The Labute approximate surface area is 233 Å². The fourth-order valence-electron chi connectivity index (χ4n) is 8.41. The van der Waals surface area contributed by atoms with Gasteiger partial charge in [-0.25, -0.2) is 0 Å². The molecule has 9 nitrogen and oxygen atoms in total. The van der Waals surface area contributed by atoms with E-state index in [4.69, 9.17) is 16.7 Å². The van der Waals surface area contributed by atoms with Crippen LogP contribution < -0.4 is 5.32 Å². The summed E-state index contributed by atoms with van der Waals surface area (Å²) in [6, 6.07) is 8.27. The van der Waals surface area contributed by atoms with Crippen molar-refractivity contribution >= 4 is 29.0 Å². The highest BCUT2D eigenvalue weighted by Crippen LogP contribution is 2.65. The number of hydrogen-bond acceptors (Lipinski definition) is 5. The predicted molar refractivity (Wildman–Crippen MR) is 149 cm³/mol. The average Bonchev–Trinajstić information content (AvgIpc) is 3.30. The minimum Gasteiger partial charge on any atom is -0.358 e. The first kappa shape index (κ1) is 26.0. The molecule has 2 unspecified atom stereocenters. The van der Waals surface area contributed by atoms with Crippen molar-refractivity contribution in [3.05, 3.63) is 67.6 Å². The van der Waals surface area contributed by atoms with Crippen LogP contribution in [0.2, 0.25) is 5.02 Å². The summed E-state index contributed by atoms with van der Waals surface area (Å²) in [5.41, 5.74) is 5.14. The normalized spacial score (nSPS) is 27.2. The zero-order chi connectivity index (χ0) is 27.7. The molecule has 2 atom stereocenters. The molecule has 1 aromatic carbocycles. The molecule has 2 heterocycles. The number of hydrogen-bond donors (Lipinski definition) is 1. The van der Waals surface area contributed by atoms with Crippen molar-refractivity contribution in [3.63, 3.8) is 0 Å². The number of halogens is 1. The Hall–Kier alpha value is -3.20. The van der Waals surface area contributed by atoms with Crippen LogP contribution in [0.25, 0.3) is 0 Å². The quantitative estimate of drug-likeness (QED) is 0.276. The smallest absolute Gasteiger partial charge is 0.358 e. The Morgan fingerprint density at radius 1 is 1.10 bits per heavy atom. The van der Waals surface area contributed by atoms with Gasteiger partial charge in [-0.1, -0.05) is 35.9 Å². The zero-order valence-corrected chi connectivity index (χ0v) is 23.7. The first-order chi connectivity index (χ1) is 18.5. The van der Waals surface area contributed by atoms with Gasteiger partial charge in [-0.3, -0.25) is 9.48 Å². The van der Waals surface area contributed by atoms with Crippen molar-refractivity contribution in [1.29, 1.82) is 0 Å². The van der Waals surface area contributed by atoms with Crippen LogP contribution in [-0.2, 0) is 16.9 Å². The number of benzene rings is 1. The number of carbonyl (C=O) groups is 1. The maximum atomic E-state index is 13.6. The molecule has 4 fully saturated rings. The lowest BCUT2D eigenvalue weighted by molar-refractivity contribution is -0.389. The van der Waals surface area contributed by atoms with E-state index in [2.05, 4.69) is 29.5 Å². The molecule has 4 aliphatic rings. The van der Waals surface area contributed by atoms with Gasteiger partial charge in [0, 0.05) is 6.42 Å². The molecule has 1 amide bonds. The molecule has 4 bridgehead atoms. The van der Waals surface area contributed by atoms with Gasteiger partial charge in [0.2, 0.25) is 5.91 Å². The van der Waals surface area contributed by atoms with E-state index in [9.17, 15) is 14.9 Å². The SMILES string of the molecule is Cc1ccccc1Cn1nc(C)c(NC(=O)CC23CC4CC(C2)CC(n2nc([N+](=O)[O-])c(Cl)c2C)(C4)C3)c1C. The first-order valence-electron chi connectivity index (χ1n) is 13.8. The molecule has 7 rings (SSSR count). The largest absolute Gasteiger partial charge is 0.408 e. The Bertz CT molecular complexity index is 1480. The van der Waals surface area contributed by atoms with Crippen LogP contribution in [0.1, 0.15) is 73.2 Å². The number of aromatic nitrogens is 4. The van der Waals surface area contributed by atoms with Crippen LogP contribution in [0.3, 0.4) is 0 Å². The van der Waals surface area contributed by atoms with Crippen molar-refractivity contribution in [2.45, 2.75) is 84.7 Å². The monoisotopic (exact) mass is 550 g/mol. The minimum absolute atomic E-state index is 0.00921. The second kappa shape index (κ2) is 9.18. The lowest BCUT2D eigenvalue weighted by Crippen LogP contribution is -2.57. The molecular formula is C29H35ClN6O3. The summed E-state index contributed by atoms with van der Waals surface area (Å²) in [4.78, 5) is 24.7. The summed E-state index contributed by atoms with van der Waals surface area (Å²) >= 11 is 6.35. The van der Waals surface area contributed by atoms with E-state index in [1.165, 1.54) is 11.1 Å². The molecule has 3 aromatic rings. The van der Waals surface area contributed by atoms with Gasteiger partial charge in [0.15, 0.2) is 5.02 Å². The standard InChI is InChI=1S/C29H35ClN6O3/c1-17-7-5-6-8-23(17)15-34-20(4)26(18(2)32-34)31-24(37)14-28-10-21-9-22(11-28)13-29(12-21,16-28)35-19(3)25(30)27(33-35)36(38)39/h5-8,21-22H,9-16H2,1-4H3,(H,31,37). The Balaban J connectivity index is 1.24. The molecule has 0 aliphatic heterocycles. The number of amides is 1. The number of anilines is 1. The molecule has 4 aliphatic carbocycles. The Kier molecular flexibility index (Phi) is 6.13. The fraction of sp³-hybridized carbons (Fsp3) is 0.552. The highest BCUT2D eigenvalue weighted by molar-refractivity contribution is 6.33. The van der Waals surface area contributed by atoms with Crippen LogP contribution in [0.5, 0.6) is 0 Å². The topological polar surface area (TPSA) is 108 Å². The van der Waals surface area contributed by atoms with Gasteiger partial charge in [-0.2, -0.15) is 9.78 Å². The van der Waals surface area contributed by atoms with Crippen molar-refractivity contribution in [2.75, 3.05) is 5.32 Å². The van der Waals surface area contributed by atoms with Gasteiger partial charge >= 0.3 is 5.82 Å². The summed E-state index contributed by atoms with van der Waals surface area (Å²) in [7, 11) is 0. The van der Waals surface area contributed by atoms with Crippen LogP contribution in [0.4, 0.5) is 11.5 Å². The van der Waals surface area contributed by atoms with E-state index >= 15 is 0 Å². The fourth-order valence-corrected chi connectivity index (χ4v) is 8.60. The van der Waals surface area contributed by atoms with Gasteiger partial charge < -0.3 is 15.4 Å². The van der Waals surface area contributed by atoms with Crippen molar-refractivity contribution in [2.24, 2.45) is 17.3 Å². The summed E-state index contributed by atoms with van der Waals surface area (Å²) < 4.78 is 3.81. The van der Waals surface area contributed by atoms with Gasteiger partial charge in [-0.05, 0) is 99.5 Å². The van der Waals surface area contributed by atoms with Crippen LogP contribution in [-0.4, -0.2) is 30.4 Å². The lowest BCUT2D eigenvalue weighted by Gasteiger charge is -2.61. The maximum absolute atomic E-state index is 13.6. The number of rotatable bonds is 7. The highest BCUT2D eigenvalue weighted by atomic mass is 35.5. The van der Waals surface area contributed by atoms with E-state index in [0.29, 0.717) is 30.5 Å². The van der Waals surface area contributed by atoms with E-state index in [-0.39, 0.29) is 27.7 Å². The van der Waals surface area contributed by atoms with E-state index in [1.807, 2.05) is 42.3 Å². The van der Waals surface area contributed by atoms with Gasteiger partial charge in [0.1, 0.15) is 0 Å². The summed E-state index contributed by atoms with van der Waals surface area (Å²) in [5.74, 6) is 0.710. The van der Waals surface area contributed by atoms with E-state index in [0.717, 1.165) is 55.6 Å².